The number of carbonyl (C=O) groups is 2. The van der Waals surface area contributed by atoms with Gasteiger partial charge in [-0.1, -0.05) is 6.07 Å². The molecule has 0 aliphatic heterocycles. The second-order valence-corrected chi connectivity index (χ2v) is 4.81. The second kappa shape index (κ2) is 9.13. The first kappa shape index (κ1) is 17.2. The van der Waals surface area contributed by atoms with Gasteiger partial charge in [-0.3, -0.25) is 9.59 Å². The summed E-state index contributed by atoms with van der Waals surface area (Å²) in [4.78, 5) is 25.8. The minimum atomic E-state index is -0.0299. The van der Waals surface area contributed by atoms with Crippen molar-refractivity contribution in [3.05, 3.63) is 29.8 Å². The van der Waals surface area contributed by atoms with Crippen molar-refractivity contribution in [1.29, 1.82) is 0 Å². The Hall–Kier alpha value is -1.88. The lowest BCUT2D eigenvalue weighted by Gasteiger charge is -2.19. The molecule has 21 heavy (non-hydrogen) atoms. The fraction of sp³-hybridized carbons (Fsp3) is 0.500. The van der Waals surface area contributed by atoms with Gasteiger partial charge in [0.1, 0.15) is 0 Å². The van der Waals surface area contributed by atoms with Gasteiger partial charge in [0.05, 0.1) is 0 Å². The molecule has 0 radical (unpaired) electrons. The van der Waals surface area contributed by atoms with Crippen LogP contribution in [0, 0.1) is 0 Å². The van der Waals surface area contributed by atoms with Crippen molar-refractivity contribution in [2.75, 3.05) is 32.0 Å². The number of hydrogen-bond donors (Lipinski definition) is 2. The molecule has 0 bridgehead atoms. The Bertz CT molecular complexity index is 470. The van der Waals surface area contributed by atoms with Gasteiger partial charge in [-0.15, -0.1) is 0 Å². The molecule has 0 aliphatic rings. The van der Waals surface area contributed by atoms with E-state index in [0.29, 0.717) is 30.8 Å². The van der Waals surface area contributed by atoms with E-state index in [0.717, 1.165) is 13.0 Å². The number of anilines is 1. The van der Waals surface area contributed by atoms with Crippen LogP contribution in [0.15, 0.2) is 24.3 Å². The molecule has 2 amide bonds. The quantitative estimate of drug-likeness (QED) is 0.721. The number of nitrogens with zero attached hydrogens (tertiary/aromatic N) is 1. The topological polar surface area (TPSA) is 61.4 Å². The summed E-state index contributed by atoms with van der Waals surface area (Å²) in [5.74, 6) is -0.0380. The molecule has 0 spiro atoms. The number of amides is 2. The highest BCUT2D eigenvalue weighted by Gasteiger charge is 2.13. The highest BCUT2D eigenvalue weighted by molar-refractivity contribution is 5.97. The molecule has 0 atom stereocenters. The average Bonchev–Trinajstić information content (AvgIpc) is 2.49. The molecule has 1 aromatic carbocycles. The van der Waals surface area contributed by atoms with Gasteiger partial charge in [-0.05, 0) is 52.1 Å². The molecular formula is C16H25N3O2. The van der Waals surface area contributed by atoms with Crippen molar-refractivity contribution in [2.45, 2.75) is 26.7 Å². The summed E-state index contributed by atoms with van der Waals surface area (Å²) in [7, 11) is 1.86. The summed E-state index contributed by atoms with van der Waals surface area (Å²) in [5.41, 5.74) is 1.27. The van der Waals surface area contributed by atoms with Crippen molar-refractivity contribution in [1.82, 2.24) is 10.2 Å². The van der Waals surface area contributed by atoms with Crippen LogP contribution < -0.4 is 10.6 Å². The maximum Gasteiger partial charge on any atom is 0.253 e. The fourth-order valence-corrected chi connectivity index (χ4v) is 2.07. The summed E-state index contributed by atoms with van der Waals surface area (Å²) in [6.45, 7) is 6.07. The van der Waals surface area contributed by atoms with Crippen LogP contribution in [0.3, 0.4) is 0 Å². The van der Waals surface area contributed by atoms with E-state index in [1.807, 2.05) is 20.9 Å². The lowest BCUT2D eigenvalue weighted by molar-refractivity contribution is -0.116. The number of nitrogens with one attached hydrogen (secondary N) is 2. The first-order chi connectivity index (χ1) is 10.1. The van der Waals surface area contributed by atoms with E-state index in [-0.39, 0.29) is 11.8 Å². The van der Waals surface area contributed by atoms with Crippen molar-refractivity contribution in [3.63, 3.8) is 0 Å². The minimum absolute atomic E-state index is 0.00807. The van der Waals surface area contributed by atoms with E-state index in [1.54, 1.807) is 29.2 Å². The molecule has 0 fully saturated rings. The number of benzene rings is 1. The predicted octanol–water partition coefficient (Wildman–Crippen LogP) is 2.11. The van der Waals surface area contributed by atoms with Gasteiger partial charge in [-0.25, -0.2) is 0 Å². The zero-order valence-corrected chi connectivity index (χ0v) is 13.1. The van der Waals surface area contributed by atoms with Crippen LogP contribution in [0.5, 0.6) is 0 Å². The van der Waals surface area contributed by atoms with Crippen molar-refractivity contribution >= 4 is 17.5 Å². The molecule has 5 nitrogen and oxygen atoms in total. The fourth-order valence-electron chi connectivity index (χ4n) is 2.07. The normalized spacial score (nSPS) is 10.2. The van der Waals surface area contributed by atoms with Gasteiger partial charge in [-0.2, -0.15) is 0 Å². The number of carbonyl (C=O) groups excluding carboxylic acids is 2. The van der Waals surface area contributed by atoms with Crippen LogP contribution in [0.2, 0.25) is 0 Å². The Labute approximate surface area is 126 Å². The first-order valence-corrected chi connectivity index (χ1v) is 7.46. The molecular weight excluding hydrogens is 266 g/mol. The van der Waals surface area contributed by atoms with Gasteiger partial charge in [0, 0.05) is 30.8 Å². The maximum atomic E-state index is 12.3. The second-order valence-electron chi connectivity index (χ2n) is 4.81. The highest BCUT2D eigenvalue weighted by Crippen LogP contribution is 2.13. The van der Waals surface area contributed by atoms with E-state index in [1.165, 1.54) is 0 Å². The van der Waals surface area contributed by atoms with Gasteiger partial charge in [0.15, 0.2) is 0 Å². The predicted molar refractivity (Wildman–Crippen MR) is 85.5 cm³/mol. The number of rotatable bonds is 8. The zero-order chi connectivity index (χ0) is 15.7. The molecule has 0 heterocycles. The number of hydrogen-bond acceptors (Lipinski definition) is 3. The third-order valence-corrected chi connectivity index (χ3v) is 3.27. The van der Waals surface area contributed by atoms with Crippen LogP contribution in [0.1, 0.15) is 37.0 Å². The molecule has 1 aromatic rings. The zero-order valence-electron chi connectivity index (χ0n) is 13.1. The van der Waals surface area contributed by atoms with E-state index >= 15 is 0 Å². The van der Waals surface area contributed by atoms with Gasteiger partial charge < -0.3 is 15.5 Å². The summed E-state index contributed by atoms with van der Waals surface area (Å²) >= 11 is 0. The molecule has 0 saturated carbocycles. The minimum Gasteiger partial charge on any atom is -0.339 e. The average molecular weight is 291 g/mol. The Morgan fingerprint density at radius 1 is 1.19 bits per heavy atom. The molecule has 0 unspecified atom stereocenters. The maximum absolute atomic E-state index is 12.3. The third-order valence-electron chi connectivity index (χ3n) is 3.27. The van der Waals surface area contributed by atoms with Gasteiger partial charge >= 0.3 is 0 Å². The van der Waals surface area contributed by atoms with Crippen LogP contribution in [-0.2, 0) is 4.79 Å². The van der Waals surface area contributed by atoms with E-state index in [2.05, 4.69) is 10.6 Å². The third kappa shape index (κ3) is 5.55. The molecule has 116 valence electrons. The molecule has 0 saturated heterocycles. The summed E-state index contributed by atoms with van der Waals surface area (Å²) < 4.78 is 0. The van der Waals surface area contributed by atoms with E-state index < -0.39 is 0 Å². The largest absolute Gasteiger partial charge is 0.339 e. The first-order valence-electron chi connectivity index (χ1n) is 7.46. The lowest BCUT2D eigenvalue weighted by Crippen LogP contribution is -2.30. The summed E-state index contributed by atoms with van der Waals surface area (Å²) in [5, 5.41) is 5.84. The van der Waals surface area contributed by atoms with Gasteiger partial charge in [0.2, 0.25) is 5.91 Å². The molecule has 5 heteroatoms. The van der Waals surface area contributed by atoms with Crippen molar-refractivity contribution < 1.29 is 9.59 Å². The van der Waals surface area contributed by atoms with E-state index in [9.17, 15) is 9.59 Å². The standard InChI is InChI=1S/C16H25N3O2/c1-4-19(5-2)16(21)13-8-6-9-14(12-13)18-15(20)10-7-11-17-3/h6,8-9,12,17H,4-5,7,10-11H2,1-3H3,(H,18,20). The van der Waals surface area contributed by atoms with E-state index in [4.69, 9.17) is 0 Å². The van der Waals surface area contributed by atoms with Crippen molar-refractivity contribution in [2.24, 2.45) is 0 Å². The van der Waals surface area contributed by atoms with Crippen molar-refractivity contribution in [3.8, 4) is 0 Å². The molecule has 0 aromatic heterocycles. The van der Waals surface area contributed by atoms with Crippen LogP contribution >= 0.6 is 0 Å². The van der Waals surface area contributed by atoms with Crippen LogP contribution in [-0.4, -0.2) is 43.4 Å². The Balaban J connectivity index is 2.68. The Morgan fingerprint density at radius 3 is 2.52 bits per heavy atom. The molecule has 0 aliphatic carbocycles. The highest BCUT2D eigenvalue weighted by atomic mass is 16.2. The molecule has 2 N–H and O–H groups in total. The summed E-state index contributed by atoms with van der Waals surface area (Å²) in [6.07, 6.45) is 1.26. The van der Waals surface area contributed by atoms with Gasteiger partial charge in [0.25, 0.3) is 5.91 Å². The smallest absolute Gasteiger partial charge is 0.253 e. The van der Waals surface area contributed by atoms with Crippen LogP contribution in [0.25, 0.3) is 0 Å². The Morgan fingerprint density at radius 2 is 1.90 bits per heavy atom. The SMILES string of the molecule is CCN(CC)C(=O)c1cccc(NC(=O)CCCNC)c1. The van der Waals surface area contributed by atoms with Crippen LogP contribution in [0.4, 0.5) is 5.69 Å². The lowest BCUT2D eigenvalue weighted by atomic mass is 10.1. The Kier molecular flexibility index (Phi) is 7.46. The summed E-state index contributed by atoms with van der Waals surface area (Å²) in [6, 6.07) is 7.10. The monoisotopic (exact) mass is 291 g/mol. The molecule has 1 rings (SSSR count).